The molecule has 0 nitrogen and oxygen atoms in total. The van der Waals surface area contributed by atoms with Crippen LogP contribution >= 0.6 is 0 Å². The van der Waals surface area contributed by atoms with Gasteiger partial charge in [-0.3, -0.25) is 0 Å². The van der Waals surface area contributed by atoms with Crippen LogP contribution in [0, 0.1) is 5.92 Å². The van der Waals surface area contributed by atoms with Crippen LogP contribution in [0.15, 0.2) is 30.3 Å². The topological polar surface area (TPSA) is 0 Å². The molecule has 0 N–H and O–H groups in total. The summed E-state index contributed by atoms with van der Waals surface area (Å²) < 4.78 is 0. The largest absolute Gasteiger partial charge is 0.0622 e. The second-order valence-electron chi connectivity index (χ2n) is 5.59. The highest BCUT2D eigenvalue weighted by Gasteiger charge is 2.35. The monoisotopic (exact) mass is 216 g/mol. The van der Waals surface area contributed by atoms with Crippen molar-refractivity contribution in [2.24, 2.45) is 5.92 Å². The summed E-state index contributed by atoms with van der Waals surface area (Å²) in [6.45, 7) is 4.80. The molecule has 0 amide bonds. The number of hydrogen-bond acceptors (Lipinski definition) is 0. The average molecular weight is 216 g/mol. The van der Waals surface area contributed by atoms with Crippen LogP contribution in [-0.2, 0) is 5.41 Å². The summed E-state index contributed by atoms with van der Waals surface area (Å²) in [7, 11) is 0. The van der Waals surface area contributed by atoms with E-state index in [1.807, 2.05) is 0 Å². The smallest absolute Gasteiger partial charge is 0.00240 e. The molecule has 1 fully saturated rings. The van der Waals surface area contributed by atoms with Gasteiger partial charge < -0.3 is 0 Å². The van der Waals surface area contributed by atoms with Crippen molar-refractivity contribution in [2.75, 3.05) is 0 Å². The minimum absolute atomic E-state index is 0.456. The molecule has 1 aromatic carbocycles. The summed E-state index contributed by atoms with van der Waals surface area (Å²) in [5, 5.41) is 0. The Balaban J connectivity index is 2.34. The Morgan fingerprint density at radius 3 is 1.94 bits per heavy atom. The molecule has 0 heterocycles. The summed E-state index contributed by atoms with van der Waals surface area (Å²) >= 11 is 0. The normalized spacial score (nSPS) is 20.7. The van der Waals surface area contributed by atoms with Crippen LogP contribution in [0.2, 0.25) is 0 Å². The van der Waals surface area contributed by atoms with Gasteiger partial charge in [-0.25, -0.2) is 0 Å². The van der Waals surface area contributed by atoms with E-state index >= 15 is 0 Å². The summed E-state index contributed by atoms with van der Waals surface area (Å²) in [5.41, 5.74) is 2.03. The van der Waals surface area contributed by atoms with Crippen molar-refractivity contribution >= 4 is 0 Å². The van der Waals surface area contributed by atoms with E-state index in [4.69, 9.17) is 0 Å². The maximum atomic E-state index is 2.40. The van der Waals surface area contributed by atoms with Crippen LogP contribution < -0.4 is 0 Å². The summed E-state index contributed by atoms with van der Waals surface area (Å²) in [6.07, 6.45) is 8.45. The Morgan fingerprint density at radius 1 is 0.875 bits per heavy atom. The lowest BCUT2D eigenvalue weighted by atomic mass is 9.67. The van der Waals surface area contributed by atoms with Crippen molar-refractivity contribution in [3.8, 4) is 0 Å². The molecule has 0 unspecified atom stereocenters. The standard InChI is InChI=1S/C16H24/c1-14(2)16(12-8-3-4-9-13-16)15-10-6-5-7-11-15/h5-7,10-11,14H,3-4,8-9,12-13H2,1-2H3. The molecule has 0 spiro atoms. The van der Waals surface area contributed by atoms with E-state index in [0.717, 1.165) is 5.92 Å². The molecule has 0 atom stereocenters. The second-order valence-corrected chi connectivity index (χ2v) is 5.59. The number of rotatable bonds is 2. The molecule has 0 aliphatic heterocycles. The van der Waals surface area contributed by atoms with E-state index in [2.05, 4.69) is 44.2 Å². The number of hydrogen-bond donors (Lipinski definition) is 0. The SMILES string of the molecule is CC(C)C1(c2ccccc2)CCCCCC1. The quantitative estimate of drug-likeness (QED) is 0.615. The van der Waals surface area contributed by atoms with E-state index in [9.17, 15) is 0 Å². The Morgan fingerprint density at radius 2 is 1.44 bits per heavy atom. The van der Waals surface area contributed by atoms with Crippen molar-refractivity contribution in [3.05, 3.63) is 35.9 Å². The molecule has 1 aromatic rings. The van der Waals surface area contributed by atoms with Crippen molar-refractivity contribution in [1.29, 1.82) is 0 Å². The van der Waals surface area contributed by atoms with Gasteiger partial charge in [-0.05, 0) is 29.7 Å². The minimum Gasteiger partial charge on any atom is -0.0622 e. The maximum Gasteiger partial charge on any atom is -0.00240 e. The average Bonchev–Trinajstić information content (AvgIpc) is 2.56. The fourth-order valence-electron chi connectivity index (χ4n) is 3.33. The first-order valence-corrected chi connectivity index (χ1v) is 6.81. The number of benzene rings is 1. The first-order valence-electron chi connectivity index (χ1n) is 6.81. The molecule has 2 rings (SSSR count). The van der Waals surface area contributed by atoms with Crippen LogP contribution in [0.4, 0.5) is 0 Å². The molecule has 88 valence electrons. The van der Waals surface area contributed by atoms with Crippen LogP contribution in [-0.4, -0.2) is 0 Å². The van der Waals surface area contributed by atoms with Gasteiger partial charge in [-0.15, -0.1) is 0 Å². The maximum absolute atomic E-state index is 2.40. The van der Waals surface area contributed by atoms with E-state index in [1.54, 1.807) is 5.56 Å². The van der Waals surface area contributed by atoms with Gasteiger partial charge in [-0.2, -0.15) is 0 Å². The lowest BCUT2D eigenvalue weighted by Gasteiger charge is -2.37. The van der Waals surface area contributed by atoms with Crippen molar-refractivity contribution in [3.63, 3.8) is 0 Å². The van der Waals surface area contributed by atoms with Crippen LogP contribution in [0.1, 0.15) is 57.9 Å². The second kappa shape index (κ2) is 5.03. The highest BCUT2D eigenvalue weighted by atomic mass is 14.4. The Labute approximate surface area is 100 Å². The fraction of sp³-hybridized carbons (Fsp3) is 0.625. The van der Waals surface area contributed by atoms with Crippen LogP contribution in [0.3, 0.4) is 0 Å². The first kappa shape index (κ1) is 11.7. The van der Waals surface area contributed by atoms with Gasteiger partial charge in [0.25, 0.3) is 0 Å². The Kier molecular flexibility index (Phi) is 3.68. The summed E-state index contributed by atoms with van der Waals surface area (Å²) in [6, 6.07) is 11.2. The molecular weight excluding hydrogens is 192 g/mol. The Hall–Kier alpha value is -0.780. The predicted molar refractivity (Wildman–Crippen MR) is 70.7 cm³/mol. The molecule has 0 saturated heterocycles. The van der Waals surface area contributed by atoms with E-state index in [1.165, 1.54) is 38.5 Å². The zero-order valence-electron chi connectivity index (χ0n) is 10.7. The highest BCUT2D eigenvalue weighted by Crippen LogP contribution is 2.43. The van der Waals surface area contributed by atoms with Crippen molar-refractivity contribution in [2.45, 2.75) is 57.8 Å². The third kappa shape index (κ3) is 2.16. The zero-order valence-corrected chi connectivity index (χ0v) is 10.7. The van der Waals surface area contributed by atoms with Gasteiger partial charge in [0.1, 0.15) is 0 Å². The molecule has 16 heavy (non-hydrogen) atoms. The van der Waals surface area contributed by atoms with E-state index < -0.39 is 0 Å². The summed E-state index contributed by atoms with van der Waals surface area (Å²) in [5.74, 6) is 0.757. The fourth-order valence-corrected chi connectivity index (χ4v) is 3.33. The third-order valence-electron chi connectivity index (χ3n) is 4.45. The predicted octanol–water partition coefficient (Wildman–Crippen LogP) is 4.93. The van der Waals surface area contributed by atoms with Crippen LogP contribution in [0.5, 0.6) is 0 Å². The van der Waals surface area contributed by atoms with E-state index in [0.29, 0.717) is 5.41 Å². The molecule has 1 aliphatic carbocycles. The molecule has 0 aromatic heterocycles. The van der Waals surface area contributed by atoms with E-state index in [-0.39, 0.29) is 0 Å². The molecule has 1 aliphatic rings. The lowest BCUT2D eigenvalue weighted by molar-refractivity contribution is 0.267. The van der Waals surface area contributed by atoms with Crippen LogP contribution in [0.25, 0.3) is 0 Å². The molecular formula is C16H24. The minimum atomic E-state index is 0.456. The van der Waals surface area contributed by atoms with Gasteiger partial charge in [0.15, 0.2) is 0 Å². The highest BCUT2D eigenvalue weighted by molar-refractivity contribution is 5.26. The van der Waals surface area contributed by atoms with Gasteiger partial charge in [0.2, 0.25) is 0 Å². The zero-order chi connectivity index (χ0) is 11.4. The Bertz CT molecular complexity index is 302. The van der Waals surface area contributed by atoms with Gasteiger partial charge in [-0.1, -0.05) is 69.9 Å². The third-order valence-corrected chi connectivity index (χ3v) is 4.45. The van der Waals surface area contributed by atoms with Gasteiger partial charge in [0, 0.05) is 0 Å². The molecule has 1 saturated carbocycles. The van der Waals surface area contributed by atoms with Gasteiger partial charge in [0.05, 0.1) is 0 Å². The first-order chi connectivity index (χ1) is 7.76. The molecule has 0 radical (unpaired) electrons. The lowest BCUT2D eigenvalue weighted by Crippen LogP contribution is -2.31. The molecule has 0 bridgehead atoms. The van der Waals surface area contributed by atoms with Gasteiger partial charge >= 0.3 is 0 Å². The van der Waals surface area contributed by atoms with Crippen molar-refractivity contribution in [1.82, 2.24) is 0 Å². The van der Waals surface area contributed by atoms with Crippen molar-refractivity contribution < 1.29 is 0 Å². The molecule has 0 heteroatoms. The summed E-state index contributed by atoms with van der Waals surface area (Å²) in [4.78, 5) is 0.